The van der Waals surface area contributed by atoms with Gasteiger partial charge in [-0.05, 0) is 25.9 Å². The molecule has 2 rings (SSSR count). The van der Waals surface area contributed by atoms with E-state index in [1.807, 2.05) is 6.07 Å². The number of hydrogen-bond acceptors (Lipinski definition) is 1. The number of hydrogen-bond donors (Lipinski definition) is 0. The first-order valence-electron chi connectivity index (χ1n) is 6.00. The molecule has 1 saturated heterocycles. The van der Waals surface area contributed by atoms with Crippen LogP contribution in [0.3, 0.4) is 0 Å². The molecular formula is C13H17BrFNZn. The molecule has 0 N–H and O–H groups in total. The number of halogens is 2. The van der Waals surface area contributed by atoms with Gasteiger partial charge >= 0.3 is 30.0 Å². The van der Waals surface area contributed by atoms with Crippen molar-refractivity contribution in [3.8, 4) is 0 Å². The van der Waals surface area contributed by atoms with Crippen LogP contribution in [-0.4, -0.2) is 18.0 Å². The van der Waals surface area contributed by atoms with Crippen LogP contribution in [0.1, 0.15) is 31.2 Å². The van der Waals surface area contributed by atoms with Gasteiger partial charge in [0.05, 0.1) is 0 Å². The van der Waals surface area contributed by atoms with Crippen molar-refractivity contribution in [1.82, 2.24) is 4.90 Å². The Labute approximate surface area is 120 Å². The van der Waals surface area contributed by atoms with Gasteiger partial charge in [0.2, 0.25) is 0 Å². The van der Waals surface area contributed by atoms with E-state index in [4.69, 9.17) is 0 Å². The van der Waals surface area contributed by atoms with E-state index in [1.54, 1.807) is 6.07 Å². The van der Waals surface area contributed by atoms with Crippen molar-refractivity contribution < 1.29 is 20.7 Å². The number of benzene rings is 1. The van der Waals surface area contributed by atoms with Gasteiger partial charge in [-0.25, -0.2) is 0 Å². The Hall–Kier alpha value is 0.213. The molecule has 0 atom stereocenters. The molecule has 1 nitrogen and oxygen atoms in total. The van der Waals surface area contributed by atoms with Crippen LogP contribution >= 0.6 is 13.6 Å². The summed E-state index contributed by atoms with van der Waals surface area (Å²) in [5.74, 6) is -0.123. The quantitative estimate of drug-likeness (QED) is 0.578. The van der Waals surface area contributed by atoms with Crippen molar-refractivity contribution in [3.05, 3.63) is 35.6 Å². The second-order valence-corrected chi connectivity index (χ2v) is 4.21. The Balaban J connectivity index is 0.000000686. The third-order valence-corrected chi connectivity index (χ3v) is 2.99. The maximum absolute atomic E-state index is 13.4. The molecule has 0 spiro atoms. The van der Waals surface area contributed by atoms with E-state index in [-0.39, 0.29) is 5.82 Å². The van der Waals surface area contributed by atoms with E-state index in [0.29, 0.717) is 0 Å². The van der Waals surface area contributed by atoms with E-state index in [1.165, 1.54) is 48.1 Å². The van der Waals surface area contributed by atoms with Crippen LogP contribution in [-0.2, 0) is 22.9 Å². The molecule has 1 fully saturated rings. The number of rotatable bonds is 2. The van der Waals surface area contributed by atoms with E-state index in [2.05, 4.69) is 24.6 Å². The summed E-state index contributed by atoms with van der Waals surface area (Å²) in [4.78, 5) is 2.35. The van der Waals surface area contributed by atoms with Crippen LogP contribution in [0.4, 0.5) is 4.39 Å². The molecule has 1 aliphatic heterocycles. The summed E-state index contributed by atoms with van der Waals surface area (Å²) in [6.07, 6.45) is 5.14. The normalized spacial score (nSPS) is 16.9. The summed E-state index contributed by atoms with van der Waals surface area (Å²) in [6.45, 7) is 2.97. The summed E-state index contributed by atoms with van der Waals surface area (Å²) in [5, 5.41) is 0. The van der Waals surface area contributed by atoms with Gasteiger partial charge in [-0.3, -0.25) is 4.39 Å². The zero-order valence-corrected chi connectivity index (χ0v) is 14.6. The van der Waals surface area contributed by atoms with Crippen LogP contribution in [0, 0.1) is 11.9 Å². The number of likely N-dealkylation sites (tertiary alicyclic amines) is 1. The molecule has 90 valence electrons. The average Bonchev–Trinajstić information content (AvgIpc) is 2.63. The van der Waals surface area contributed by atoms with E-state index in [9.17, 15) is 4.39 Å². The van der Waals surface area contributed by atoms with Crippen LogP contribution in [0.5, 0.6) is 0 Å². The first kappa shape index (κ1) is 15.3. The Bertz CT molecular complexity index is 314. The maximum atomic E-state index is 13.4. The summed E-state index contributed by atoms with van der Waals surface area (Å²) in [7, 11) is 0. The first-order valence-corrected chi connectivity index (χ1v) is 12.9. The molecule has 0 bridgehead atoms. The van der Waals surface area contributed by atoms with Crippen LogP contribution in [0.2, 0.25) is 0 Å². The Kier molecular flexibility index (Phi) is 8.25. The van der Waals surface area contributed by atoms with Crippen molar-refractivity contribution in [2.75, 3.05) is 13.1 Å². The van der Waals surface area contributed by atoms with Gasteiger partial charge in [0.25, 0.3) is 0 Å². The average molecular weight is 352 g/mol. The summed E-state index contributed by atoms with van der Waals surface area (Å²) >= 11 is 4.25. The SMILES string of the molecule is Fc1c[c-]ccc1CN1CCCCCC1.[Zn+][Br]. The second kappa shape index (κ2) is 9.18. The molecule has 0 aromatic heterocycles. The summed E-state index contributed by atoms with van der Waals surface area (Å²) in [6, 6.07) is 7.80. The van der Waals surface area contributed by atoms with Gasteiger partial charge in [0, 0.05) is 12.4 Å². The molecule has 1 aromatic rings. The number of nitrogens with zero attached hydrogens (tertiary/aromatic N) is 1. The Morgan fingerprint density at radius 2 is 1.88 bits per heavy atom. The monoisotopic (exact) mass is 349 g/mol. The molecule has 4 heteroatoms. The third-order valence-electron chi connectivity index (χ3n) is 2.99. The first-order chi connectivity index (χ1) is 8.36. The summed E-state index contributed by atoms with van der Waals surface area (Å²) < 4.78 is 13.4. The molecule has 0 unspecified atom stereocenters. The summed E-state index contributed by atoms with van der Waals surface area (Å²) in [5.41, 5.74) is 0.802. The molecule has 0 amide bonds. The third kappa shape index (κ3) is 5.59. The molecular weight excluding hydrogens is 334 g/mol. The minimum absolute atomic E-state index is 0.123. The van der Waals surface area contributed by atoms with Crippen LogP contribution in [0.15, 0.2) is 18.2 Å². The van der Waals surface area contributed by atoms with Crippen molar-refractivity contribution in [1.29, 1.82) is 0 Å². The molecule has 1 aliphatic rings. The Morgan fingerprint density at radius 3 is 2.47 bits per heavy atom. The second-order valence-electron chi connectivity index (χ2n) is 4.21. The standard InChI is InChI=1S/C13H17FN.BrH.Zn/c14-13-8-4-3-7-12(13)11-15-9-5-1-2-6-10-15;;/h3,7-8H,1-2,5-6,9-11H2;1H;/q-1;;+2/p-1. The van der Waals surface area contributed by atoms with Gasteiger partial charge in [-0.1, -0.05) is 12.8 Å². The van der Waals surface area contributed by atoms with E-state index in [0.717, 1.165) is 25.2 Å². The van der Waals surface area contributed by atoms with Crippen molar-refractivity contribution >= 4 is 13.6 Å². The molecule has 1 heterocycles. The molecule has 1 aromatic carbocycles. The molecule has 17 heavy (non-hydrogen) atoms. The fraction of sp³-hybridized carbons (Fsp3) is 0.538. The van der Waals surface area contributed by atoms with Gasteiger partial charge < -0.3 is 4.90 Å². The predicted molar refractivity (Wildman–Crippen MR) is 67.9 cm³/mol. The predicted octanol–water partition coefficient (Wildman–Crippen LogP) is 3.84. The van der Waals surface area contributed by atoms with Gasteiger partial charge in [-0.15, -0.1) is 11.6 Å². The van der Waals surface area contributed by atoms with Crippen molar-refractivity contribution in [2.45, 2.75) is 32.2 Å². The zero-order chi connectivity index (χ0) is 12.5. The molecule has 0 saturated carbocycles. The zero-order valence-electron chi connectivity index (χ0n) is 10.1. The molecule has 0 aliphatic carbocycles. The van der Waals surface area contributed by atoms with Crippen LogP contribution < -0.4 is 0 Å². The van der Waals surface area contributed by atoms with Crippen molar-refractivity contribution in [2.24, 2.45) is 0 Å². The van der Waals surface area contributed by atoms with E-state index < -0.39 is 0 Å². The van der Waals surface area contributed by atoms with Gasteiger partial charge in [0.15, 0.2) is 0 Å². The fourth-order valence-electron chi connectivity index (χ4n) is 2.11. The van der Waals surface area contributed by atoms with Gasteiger partial charge in [-0.2, -0.15) is 18.2 Å². The van der Waals surface area contributed by atoms with Crippen LogP contribution in [0.25, 0.3) is 0 Å². The van der Waals surface area contributed by atoms with Crippen molar-refractivity contribution in [3.63, 3.8) is 0 Å². The minimum atomic E-state index is -0.123. The van der Waals surface area contributed by atoms with Gasteiger partial charge in [0.1, 0.15) is 0 Å². The topological polar surface area (TPSA) is 3.24 Å². The Morgan fingerprint density at radius 1 is 1.24 bits per heavy atom. The molecule has 0 radical (unpaired) electrons. The fourth-order valence-corrected chi connectivity index (χ4v) is 2.11. The van der Waals surface area contributed by atoms with E-state index >= 15 is 0 Å².